The Balaban J connectivity index is 1.12. The molecule has 1 aromatic rings. The van der Waals surface area contributed by atoms with Crippen molar-refractivity contribution in [2.75, 3.05) is 49.6 Å². The van der Waals surface area contributed by atoms with Crippen molar-refractivity contribution in [1.29, 1.82) is 0 Å². The lowest BCUT2D eigenvalue weighted by Crippen LogP contribution is -2.37. The molecule has 9 heteroatoms. The summed E-state index contributed by atoms with van der Waals surface area (Å²) in [6.45, 7) is 3.43. The highest BCUT2D eigenvalue weighted by Crippen LogP contribution is 2.38. The SMILES string of the molecule is CN(C(=O)CN1CCCC1)c1ccc(N2CC(CNC(=O)C3C=C4C=C(Cl)C=CC4S3)CC2=O)cc1. The number of benzene rings is 1. The van der Waals surface area contributed by atoms with E-state index in [1.54, 1.807) is 28.6 Å². The summed E-state index contributed by atoms with van der Waals surface area (Å²) in [5.41, 5.74) is 2.70. The van der Waals surface area contributed by atoms with Gasteiger partial charge in [0.1, 0.15) is 5.25 Å². The molecule has 2 saturated heterocycles. The third-order valence-corrected chi connectivity index (χ3v) is 8.81. The van der Waals surface area contributed by atoms with Crippen molar-refractivity contribution in [3.8, 4) is 0 Å². The largest absolute Gasteiger partial charge is 0.355 e. The van der Waals surface area contributed by atoms with Gasteiger partial charge in [0, 0.05) is 54.1 Å². The lowest BCUT2D eigenvalue weighted by molar-refractivity contribution is -0.120. The number of rotatable bonds is 7. The summed E-state index contributed by atoms with van der Waals surface area (Å²) in [7, 11) is 1.79. The molecule has 3 aliphatic heterocycles. The highest BCUT2D eigenvalue weighted by Gasteiger charge is 2.33. The number of allylic oxidation sites excluding steroid dienone is 3. The van der Waals surface area contributed by atoms with Crippen molar-refractivity contribution in [2.24, 2.45) is 5.92 Å². The minimum absolute atomic E-state index is 0.0308. The maximum Gasteiger partial charge on any atom is 0.240 e. The molecule has 5 rings (SSSR count). The fourth-order valence-electron chi connectivity index (χ4n) is 5.11. The van der Waals surface area contributed by atoms with Gasteiger partial charge in [0.05, 0.1) is 6.54 Å². The van der Waals surface area contributed by atoms with Gasteiger partial charge in [0.2, 0.25) is 17.7 Å². The van der Waals surface area contributed by atoms with E-state index in [0.29, 0.717) is 31.1 Å². The van der Waals surface area contributed by atoms with Gasteiger partial charge in [-0.15, -0.1) is 11.8 Å². The molecule has 0 aromatic heterocycles. The van der Waals surface area contributed by atoms with Gasteiger partial charge in [-0.05, 0) is 67.9 Å². The van der Waals surface area contributed by atoms with E-state index in [-0.39, 0.29) is 34.1 Å². The molecule has 0 bridgehead atoms. The lowest BCUT2D eigenvalue weighted by atomic mass is 10.1. The molecular formula is C27H31ClN4O3S. The third-order valence-electron chi connectivity index (χ3n) is 7.21. The number of halogens is 1. The van der Waals surface area contributed by atoms with Crippen molar-refractivity contribution in [3.05, 3.63) is 59.2 Å². The molecule has 190 valence electrons. The van der Waals surface area contributed by atoms with E-state index in [9.17, 15) is 14.4 Å². The number of hydrogen-bond donors (Lipinski definition) is 1. The first-order chi connectivity index (χ1) is 17.4. The number of fused-ring (bicyclic) bond motifs is 1. The Bertz CT molecular complexity index is 1130. The molecule has 0 spiro atoms. The molecule has 1 N–H and O–H groups in total. The van der Waals surface area contributed by atoms with Crippen LogP contribution in [0.4, 0.5) is 11.4 Å². The molecule has 3 unspecified atom stereocenters. The number of carbonyl (C=O) groups is 3. The summed E-state index contributed by atoms with van der Waals surface area (Å²) < 4.78 is 0. The van der Waals surface area contributed by atoms with Gasteiger partial charge < -0.3 is 15.1 Å². The van der Waals surface area contributed by atoms with Crippen LogP contribution in [0.3, 0.4) is 0 Å². The van der Waals surface area contributed by atoms with Crippen LogP contribution in [0.15, 0.2) is 59.2 Å². The predicted molar refractivity (Wildman–Crippen MR) is 145 cm³/mol. The molecule has 4 aliphatic rings. The quantitative estimate of drug-likeness (QED) is 0.590. The van der Waals surface area contributed by atoms with Crippen LogP contribution in [0.2, 0.25) is 0 Å². The number of anilines is 2. The number of amides is 3. The average Bonchev–Trinajstić information content (AvgIpc) is 3.62. The number of thioether (sulfide) groups is 1. The predicted octanol–water partition coefficient (Wildman–Crippen LogP) is 3.32. The Morgan fingerprint density at radius 3 is 2.69 bits per heavy atom. The molecule has 1 aromatic carbocycles. The van der Waals surface area contributed by atoms with Crippen LogP contribution in [-0.4, -0.2) is 72.9 Å². The van der Waals surface area contributed by atoms with E-state index in [2.05, 4.69) is 10.2 Å². The van der Waals surface area contributed by atoms with Crippen LogP contribution in [0.1, 0.15) is 19.3 Å². The molecule has 1 aliphatic carbocycles. The second kappa shape index (κ2) is 10.8. The number of nitrogens with one attached hydrogen (secondary N) is 1. The van der Waals surface area contributed by atoms with Gasteiger partial charge >= 0.3 is 0 Å². The van der Waals surface area contributed by atoms with Crippen LogP contribution in [0.25, 0.3) is 0 Å². The molecule has 36 heavy (non-hydrogen) atoms. The van der Waals surface area contributed by atoms with Crippen molar-refractivity contribution >= 4 is 52.5 Å². The summed E-state index contributed by atoms with van der Waals surface area (Å²) in [6, 6.07) is 7.56. The number of carbonyl (C=O) groups excluding carboxylic acids is 3. The van der Waals surface area contributed by atoms with Gasteiger partial charge in [0.15, 0.2) is 0 Å². The molecule has 0 radical (unpaired) electrons. The van der Waals surface area contributed by atoms with Gasteiger partial charge in [-0.2, -0.15) is 0 Å². The zero-order chi connectivity index (χ0) is 25.2. The van der Waals surface area contributed by atoms with Crippen molar-refractivity contribution in [1.82, 2.24) is 10.2 Å². The van der Waals surface area contributed by atoms with Gasteiger partial charge in [0.25, 0.3) is 0 Å². The standard InChI is InChI=1S/C27H31ClN4O3S/c1-30(26(34)17-31-10-2-3-11-31)21-5-7-22(8-6-21)32-16-18(12-25(32)33)15-29-27(35)24-14-19-13-20(28)4-9-23(19)36-24/h4-9,13-14,18,23-24H,2-3,10-12,15-17H2,1H3,(H,29,35). The smallest absolute Gasteiger partial charge is 0.240 e. The first-order valence-electron chi connectivity index (χ1n) is 12.5. The van der Waals surface area contributed by atoms with Crippen LogP contribution >= 0.6 is 23.4 Å². The lowest BCUT2D eigenvalue weighted by Gasteiger charge is -2.23. The van der Waals surface area contributed by atoms with Crippen LogP contribution in [-0.2, 0) is 14.4 Å². The number of likely N-dealkylation sites (N-methyl/N-ethyl adjacent to an activating group) is 1. The van der Waals surface area contributed by atoms with Crippen LogP contribution in [0, 0.1) is 5.92 Å². The number of hydrogen-bond acceptors (Lipinski definition) is 5. The highest BCUT2D eigenvalue weighted by atomic mass is 35.5. The summed E-state index contributed by atoms with van der Waals surface area (Å²) in [6.07, 6.45) is 10.5. The Morgan fingerprint density at radius 1 is 1.19 bits per heavy atom. The zero-order valence-electron chi connectivity index (χ0n) is 20.4. The highest BCUT2D eigenvalue weighted by molar-refractivity contribution is 8.02. The Kier molecular flexibility index (Phi) is 7.55. The second-order valence-electron chi connectivity index (χ2n) is 9.80. The summed E-state index contributed by atoms with van der Waals surface area (Å²) in [5.74, 6) is 0.148. The molecule has 2 fully saturated rings. The maximum atomic E-state index is 12.7. The van der Waals surface area contributed by atoms with E-state index < -0.39 is 0 Å². The molecular weight excluding hydrogens is 496 g/mol. The van der Waals surface area contributed by atoms with E-state index >= 15 is 0 Å². The fraction of sp³-hybridized carbons (Fsp3) is 0.444. The van der Waals surface area contributed by atoms with E-state index in [1.165, 1.54) is 0 Å². The van der Waals surface area contributed by atoms with Crippen molar-refractivity contribution < 1.29 is 14.4 Å². The van der Waals surface area contributed by atoms with Crippen molar-refractivity contribution in [3.63, 3.8) is 0 Å². The first kappa shape index (κ1) is 25.1. The number of likely N-dealkylation sites (tertiary alicyclic amines) is 1. The maximum absolute atomic E-state index is 12.7. The minimum Gasteiger partial charge on any atom is -0.355 e. The van der Waals surface area contributed by atoms with E-state index in [1.807, 2.05) is 48.6 Å². The minimum atomic E-state index is -0.251. The third kappa shape index (κ3) is 5.56. The summed E-state index contributed by atoms with van der Waals surface area (Å²) in [4.78, 5) is 43.7. The van der Waals surface area contributed by atoms with Crippen molar-refractivity contribution in [2.45, 2.75) is 29.8 Å². The molecule has 3 heterocycles. The summed E-state index contributed by atoms with van der Waals surface area (Å²) in [5, 5.41) is 3.63. The van der Waals surface area contributed by atoms with E-state index in [4.69, 9.17) is 11.6 Å². The van der Waals surface area contributed by atoms with Crippen LogP contribution in [0.5, 0.6) is 0 Å². The van der Waals surface area contributed by atoms with E-state index in [0.717, 1.165) is 42.9 Å². The Hall–Kier alpha value is -2.55. The fourth-order valence-corrected chi connectivity index (χ4v) is 6.54. The summed E-state index contributed by atoms with van der Waals surface area (Å²) >= 11 is 7.67. The normalized spacial score (nSPS) is 25.6. The zero-order valence-corrected chi connectivity index (χ0v) is 21.9. The molecule has 3 amide bonds. The monoisotopic (exact) mass is 526 g/mol. The van der Waals surface area contributed by atoms with Crippen LogP contribution < -0.4 is 15.1 Å². The second-order valence-corrected chi connectivity index (χ2v) is 11.5. The molecule has 3 atom stereocenters. The number of nitrogens with zero attached hydrogens (tertiary/aromatic N) is 3. The first-order valence-corrected chi connectivity index (χ1v) is 13.8. The Morgan fingerprint density at radius 2 is 1.94 bits per heavy atom. The average molecular weight is 527 g/mol. The van der Waals surface area contributed by atoms with Gasteiger partial charge in [-0.3, -0.25) is 19.3 Å². The Labute approximate surface area is 221 Å². The topological polar surface area (TPSA) is 73.0 Å². The van der Waals surface area contributed by atoms with Gasteiger partial charge in [-0.25, -0.2) is 0 Å². The van der Waals surface area contributed by atoms with Gasteiger partial charge in [-0.1, -0.05) is 23.8 Å². The molecule has 7 nitrogen and oxygen atoms in total. The molecule has 0 saturated carbocycles.